The predicted octanol–water partition coefficient (Wildman–Crippen LogP) is 2.09. The van der Waals surface area contributed by atoms with Crippen molar-refractivity contribution in [2.75, 3.05) is 6.54 Å². The van der Waals surface area contributed by atoms with E-state index in [2.05, 4.69) is 17.2 Å². The number of aromatic nitrogens is 2. The third-order valence-electron chi connectivity index (χ3n) is 2.43. The Hall–Kier alpha value is -1.32. The van der Waals surface area contributed by atoms with E-state index in [1.165, 1.54) is 5.56 Å². The number of halogens is 1. The average Bonchev–Trinajstić information content (AvgIpc) is 2.64. The van der Waals surface area contributed by atoms with Gasteiger partial charge in [0, 0.05) is 5.56 Å². The number of hydrogen-bond acceptors (Lipinski definition) is 2. The molecule has 0 radical (unpaired) electrons. The minimum atomic E-state index is 0.594. The summed E-state index contributed by atoms with van der Waals surface area (Å²) in [5.74, 6) is 0. The summed E-state index contributed by atoms with van der Waals surface area (Å²) in [4.78, 5) is 0. The molecule has 1 aromatic carbocycles. The number of rotatable bonds is 4. The van der Waals surface area contributed by atoms with E-state index < -0.39 is 0 Å². The Kier molecular flexibility index (Phi) is 3.59. The molecule has 0 saturated heterocycles. The minimum Gasteiger partial charge on any atom is -0.330 e. The van der Waals surface area contributed by atoms with Gasteiger partial charge >= 0.3 is 0 Å². The van der Waals surface area contributed by atoms with Gasteiger partial charge in [0.25, 0.3) is 0 Å². The summed E-state index contributed by atoms with van der Waals surface area (Å²) >= 11 is 6.20. The first-order valence-electron chi connectivity index (χ1n) is 5.25. The molecule has 0 bridgehead atoms. The third-order valence-corrected chi connectivity index (χ3v) is 2.87. The van der Waals surface area contributed by atoms with Crippen LogP contribution in [0.4, 0.5) is 0 Å². The summed E-state index contributed by atoms with van der Waals surface area (Å²) < 4.78 is 1.79. The van der Waals surface area contributed by atoms with E-state index in [1.54, 1.807) is 10.9 Å². The minimum absolute atomic E-state index is 0.594. The first-order chi connectivity index (χ1) is 7.81. The molecule has 3 nitrogen and oxygen atoms in total. The van der Waals surface area contributed by atoms with Crippen molar-refractivity contribution in [1.29, 1.82) is 0 Å². The van der Waals surface area contributed by atoms with Crippen LogP contribution in [-0.2, 0) is 13.0 Å². The van der Waals surface area contributed by atoms with Crippen molar-refractivity contribution in [1.82, 2.24) is 9.78 Å². The SMILES string of the molecule is NCCc1cnn(Cc2ccccc2)c1Cl. The van der Waals surface area contributed by atoms with Gasteiger partial charge in [-0.15, -0.1) is 0 Å². The molecule has 2 rings (SSSR count). The van der Waals surface area contributed by atoms with Crippen LogP contribution in [0, 0.1) is 0 Å². The topological polar surface area (TPSA) is 43.8 Å². The van der Waals surface area contributed by atoms with Crippen molar-refractivity contribution >= 4 is 11.6 Å². The van der Waals surface area contributed by atoms with Crippen LogP contribution in [0.1, 0.15) is 11.1 Å². The lowest BCUT2D eigenvalue weighted by Gasteiger charge is -2.03. The van der Waals surface area contributed by atoms with Crippen molar-refractivity contribution < 1.29 is 0 Å². The molecule has 1 aromatic heterocycles. The van der Waals surface area contributed by atoms with Crippen LogP contribution in [0.5, 0.6) is 0 Å². The molecule has 0 atom stereocenters. The molecule has 0 aliphatic carbocycles. The molecule has 1 heterocycles. The van der Waals surface area contributed by atoms with Gasteiger partial charge in [0.2, 0.25) is 0 Å². The molecule has 0 aliphatic rings. The molecule has 0 spiro atoms. The van der Waals surface area contributed by atoms with Crippen LogP contribution < -0.4 is 5.73 Å². The highest BCUT2D eigenvalue weighted by Crippen LogP contribution is 2.17. The molecule has 0 saturated carbocycles. The van der Waals surface area contributed by atoms with Gasteiger partial charge in [0.15, 0.2) is 0 Å². The summed E-state index contributed by atoms with van der Waals surface area (Å²) in [7, 11) is 0. The highest BCUT2D eigenvalue weighted by molar-refractivity contribution is 6.30. The monoisotopic (exact) mass is 235 g/mol. The third kappa shape index (κ3) is 2.43. The molecule has 16 heavy (non-hydrogen) atoms. The van der Waals surface area contributed by atoms with E-state index in [0.717, 1.165) is 12.0 Å². The maximum atomic E-state index is 6.20. The molecule has 2 N–H and O–H groups in total. The number of hydrogen-bond donors (Lipinski definition) is 1. The Labute approximate surface area is 99.8 Å². The largest absolute Gasteiger partial charge is 0.330 e. The molecule has 0 aliphatic heterocycles. The molecule has 4 heteroatoms. The molecular formula is C12H14ClN3. The van der Waals surface area contributed by atoms with Crippen molar-refractivity contribution in [3.05, 3.63) is 52.8 Å². The Morgan fingerprint density at radius 2 is 2.00 bits per heavy atom. The summed E-state index contributed by atoms with van der Waals surface area (Å²) in [6.45, 7) is 1.29. The zero-order valence-electron chi connectivity index (χ0n) is 8.94. The van der Waals surface area contributed by atoms with Crippen LogP contribution in [0.25, 0.3) is 0 Å². The van der Waals surface area contributed by atoms with E-state index >= 15 is 0 Å². The molecule has 84 valence electrons. The van der Waals surface area contributed by atoms with Gasteiger partial charge in [-0.25, -0.2) is 4.68 Å². The summed E-state index contributed by atoms with van der Waals surface area (Å²) in [5, 5.41) is 4.95. The molecular weight excluding hydrogens is 222 g/mol. The first-order valence-corrected chi connectivity index (χ1v) is 5.63. The summed E-state index contributed by atoms with van der Waals surface area (Å²) in [6, 6.07) is 10.1. The van der Waals surface area contributed by atoms with Crippen molar-refractivity contribution in [2.24, 2.45) is 5.73 Å². The predicted molar refractivity (Wildman–Crippen MR) is 65.5 cm³/mol. The maximum absolute atomic E-state index is 6.20. The smallest absolute Gasteiger partial charge is 0.130 e. The maximum Gasteiger partial charge on any atom is 0.130 e. The van der Waals surface area contributed by atoms with E-state index in [-0.39, 0.29) is 0 Å². The van der Waals surface area contributed by atoms with Crippen LogP contribution in [0.15, 0.2) is 36.5 Å². The normalized spacial score (nSPS) is 10.6. The lowest BCUT2D eigenvalue weighted by atomic mass is 10.2. The van der Waals surface area contributed by atoms with Crippen molar-refractivity contribution in [3.63, 3.8) is 0 Å². The second-order valence-corrected chi connectivity index (χ2v) is 4.00. The Morgan fingerprint density at radius 1 is 1.25 bits per heavy atom. The lowest BCUT2D eigenvalue weighted by Crippen LogP contribution is -2.04. The fraction of sp³-hybridized carbons (Fsp3) is 0.250. The van der Waals surface area contributed by atoms with Crippen LogP contribution in [-0.4, -0.2) is 16.3 Å². The average molecular weight is 236 g/mol. The van der Waals surface area contributed by atoms with E-state index in [1.807, 2.05) is 18.2 Å². The first kappa shape index (κ1) is 11.2. The standard InChI is InChI=1S/C12H14ClN3/c13-12-11(6-7-14)8-15-16(12)9-10-4-2-1-3-5-10/h1-5,8H,6-7,9,14H2. The summed E-state index contributed by atoms with van der Waals surface area (Å²) in [5.41, 5.74) is 7.70. The van der Waals surface area contributed by atoms with Gasteiger partial charge in [-0.1, -0.05) is 41.9 Å². The lowest BCUT2D eigenvalue weighted by molar-refractivity contribution is 0.687. The molecule has 2 aromatic rings. The number of nitrogens with two attached hydrogens (primary N) is 1. The fourth-order valence-corrected chi connectivity index (χ4v) is 1.85. The van der Waals surface area contributed by atoms with E-state index in [9.17, 15) is 0 Å². The number of benzene rings is 1. The van der Waals surface area contributed by atoms with E-state index in [4.69, 9.17) is 17.3 Å². The van der Waals surface area contributed by atoms with Crippen molar-refractivity contribution in [2.45, 2.75) is 13.0 Å². The van der Waals surface area contributed by atoms with Gasteiger partial charge in [-0.2, -0.15) is 5.10 Å². The van der Waals surface area contributed by atoms with Gasteiger partial charge < -0.3 is 5.73 Å². The van der Waals surface area contributed by atoms with Gasteiger partial charge in [0.05, 0.1) is 12.7 Å². The zero-order valence-corrected chi connectivity index (χ0v) is 9.69. The van der Waals surface area contributed by atoms with E-state index in [0.29, 0.717) is 18.2 Å². The number of nitrogens with zero attached hydrogens (tertiary/aromatic N) is 2. The fourth-order valence-electron chi connectivity index (χ4n) is 1.60. The second-order valence-electron chi connectivity index (χ2n) is 3.64. The second kappa shape index (κ2) is 5.14. The quantitative estimate of drug-likeness (QED) is 0.882. The highest BCUT2D eigenvalue weighted by atomic mass is 35.5. The zero-order chi connectivity index (χ0) is 11.4. The highest BCUT2D eigenvalue weighted by Gasteiger charge is 2.07. The molecule has 0 fully saturated rings. The Morgan fingerprint density at radius 3 is 2.69 bits per heavy atom. The van der Waals surface area contributed by atoms with Crippen LogP contribution in [0.2, 0.25) is 5.15 Å². The Bertz CT molecular complexity index is 451. The molecule has 0 unspecified atom stereocenters. The van der Waals surface area contributed by atoms with Crippen LogP contribution in [0.3, 0.4) is 0 Å². The Balaban J connectivity index is 2.16. The molecule has 0 amide bonds. The summed E-state index contributed by atoms with van der Waals surface area (Å²) in [6.07, 6.45) is 2.56. The van der Waals surface area contributed by atoms with Gasteiger partial charge in [-0.05, 0) is 18.5 Å². The van der Waals surface area contributed by atoms with Crippen molar-refractivity contribution in [3.8, 4) is 0 Å². The van der Waals surface area contributed by atoms with Gasteiger partial charge in [-0.3, -0.25) is 0 Å². The van der Waals surface area contributed by atoms with Crippen LogP contribution >= 0.6 is 11.6 Å². The van der Waals surface area contributed by atoms with Gasteiger partial charge in [0.1, 0.15) is 5.15 Å².